The molecule has 0 aliphatic heterocycles. The summed E-state index contributed by atoms with van der Waals surface area (Å²) in [5.74, 6) is 0.0139. The zero-order valence-electron chi connectivity index (χ0n) is 11.9. The van der Waals surface area contributed by atoms with Crippen molar-refractivity contribution in [1.82, 2.24) is 5.32 Å². The van der Waals surface area contributed by atoms with E-state index in [1.165, 1.54) is 0 Å². The number of benzene rings is 1. The molecule has 1 atom stereocenters. The largest absolute Gasteiger partial charge is 0.494 e. The first kappa shape index (κ1) is 15.3. The monoisotopic (exact) mass is 266 g/mol. The van der Waals surface area contributed by atoms with Gasteiger partial charge in [0.15, 0.2) is 0 Å². The number of hydrogen-bond acceptors (Lipinski definition) is 4. The molecule has 1 aromatic rings. The molecule has 0 aliphatic carbocycles. The van der Waals surface area contributed by atoms with Crippen molar-refractivity contribution in [3.63, 3.8) is 0 Å². The highest BCUT2D eigenvalue weighted by Gasteiger charge is 2.17. The summed E-state index contributed by atoms with van der Waals surface area (Å²) < 4.78 is 5.49. The average Bonchev–Trinajstić information content (AvgIpc) is 2.37. The Morgan fingerprint density at radius 3 is 2.68 bits per heavy atom. The standard InChI is InChI=1S/C14H22N2O3/c1-5-19-13-7-6-11(8-10(13)2)16(4)9-12(15-3)14(17)18/h6-8,12,15H,5,9H2,1-4H3,(H,17,18). The fraction of sp³-hybridized carbons (Fsp3) is 0.500. The number of carboxylic acid groups (broad SMARTS) is 1. The molecule has 0 bridgehead atoms. The van der Waals surface area contributed by atoms with E-state index in [1.54, 1.807) is 7.05 Å². The number of nitrogens with one attached hydrogen (secondary N) is 1. The van der Waals surface area contributed by atoms with Gasteiger partial charge in [0.2, 0.25) is 0 Å². The first-order valence-corrected chi connectivity index (χ1v) is 6.34. The maximum atomic E-state index is 11.0. The summed E-state index contributed by atoms with van der Waals surface area (Å²) >= 11 is 0. The lowest BCUT2D eigenvalue weighted by Gasteiger charge is -2.24. The Morgan fingerprint density at radius 1 is 1.53 bits per heavy atom. The number of rotatable bonds is 7. The third-order valence-corrected chi connectivity index (χ3v) is 3.00. The highest BCUT2D eigenvalue weighted by atomic mass is 16.5. The minimum atomic E-state index is -0.850. The Bertz CT molecular complexity index is 435. The van der Waals surface area contributed by atoms with Crippen molar-refractivity contribution in [2.75, 3.05) is 32.1 Å². The van der Waals surface area contributed by atoms with E-state index in [-0.39, 0.29) is 0 Å². The number of nitrogens with zero attached hydrogens (tertiary/aromatic N) is 1. The average molecular weight is 266 g/mol. The summed E-state index contributed by atoms with van der Waals surface area (Å²) in [6.45, 7) is 4.97. The van der Waals surface area contributed by atoms with Crippen LogP contribution in [0.1, 0.15) is 12.5 Å². The van der Waals surface area contributed by atoms with Crippen molar-refractivity contribution in [1.29, 1.82) is 0 Å². The van der Waals surface area contributed by atoms with Gasteiger partial charge in [-0.2, -0.15) is 0 Å². The minimum absolute atomic E-state index is 0.402. The van der Waals surface area contributed by atoms with Crippen LogP contribution in [0.15, 0.2) is 18.2 Å². The molecule has 0 amide bonds. The van der Waals surface area contributed by atoms with E-state index in [0.29, 0.717) is 13.2 Å². The molecular formula is C14H22N2O3. The Hall–Kier alpha value is -1.75. The van der Waals surface area contributed by atoms with Gasteiger partial charge in [-0.05, 0) is 44.7 Å². The number of likely N-dealkylation sites (N-methyl/N-ethyl adjacent to an activating group) is 2. The van der Waals surface area contributed by atoms with Gasteiger partial charge >= 0.3 is 5.97 Å². The van der Waals surface area contributed by atoms with Crippen LogP contribution in [-0.2, 0) is 4.79 Å². The third-order valence-electron chi connectivity index (χ3n) is 3.00. The first-order chi connectivity index (χ1) is 8.99. The van der Waals surface area contributed by atoms with Crippen LogP contribution in [0.25, 0.3) is 0 Å². The first-order valence-electron chi connectivity index (χ1n) is 6.34. The van der Waals surface area contributed by atoms with Gasteiger partial charge in [0.05, 0.1) is 6.61 Å². The fourth-order valence-corrected chi connectivity index (χ4v) is 1.86. The number of ether oxygens (including phenoxy) is 1. The molecule has 1 unspecified atom stereocenters. The second-order valence-electron chi connectivity index (χ2n) is 4.44. The molecule has 0 radical (unpaired) electrons. The summed E-state index contributed by atoms with van der Waals surface area (Å²) in [4.78, 5) is 12.9. The van der Waals surface area contributed by atoms with Crippen LogP contribution in [-0.4, -0.2) is 44.4 Å². The van der Waals surface area contributed by atoms with Crippen LogP contribution < -0.4 is 15.0 Å². The molecule has 0 heterocycles. The zero-order valence-corrected chi connectivity index (χ0v) is 11.9. The Kier molecular flexibility index (Phi) is 5.63. The number of anilines is 1. The fourth-order valence-electron chi connectivity index (χ4n) is 1.86. The van der Waals surface area contributed by atoms with Gasteiger partial charge < -0.3 is 20.1 Å². The van der Waals surface area contributed by atoms with Crippen LogP contribution in [0.3, 0.4) is 0 Å². The Morgan fingerprint density at radius 2 is 2.21 bits per heavy atom. The predicted octanol–water partition coefficient (Wildman–Crippen LogP) is 1.50. The van der Waals surface area contributed by atoms with Crippen LogP contribution in [0, 0.1) is 6.92 Å². The summed E-state index contributed by atoms with van der Waals surface area (Å²) in [7, 11) is 3.53. The van der Waals surface area contributed by atoms with Gasteiger partial charge in [0.25, 0.3) is 0 Å². The van der Waals surface area contributed by atoms with Gasteiger partial charge in [0, 0.05) is 19.3 Å². The summed E-state index contributed by atoms with van der Waals surface area (Å²) in [5.41, 5.74) is 2.02. The summed E-state index contributed by atoms with van der Waals surface area (Å²) in [6, 6.07) is 5.27. The van der Waals surface area contributed by atoms with E-state index in [9.17, 15) is 4.79 Å². The highest BCUT2D eigenvalue weighted by Crippen LogP contribution is 2.23. The van der Waals surface area contributed by atoms with E-state index in [1.807, 2.05) is 44.0 Å². The molecule has 0 spiro atoms. The Labute approximate surface area is 114 Å². The van der Waals surface area contributed by atoms with Crippen molar-refractivity contribution < 1.29 is 14.6 Å². The molecule has 0 aromatic heterocycles. The van der Waals surface area contributed by atoms with E-state index in [2.05, 4.69) is 5.32 Å². The van der Waals surface area contributed by atoms with Crippen molar-refractivity contribution in [3.05, 3.63) is 23.8 Å². The van der Waals surface area contributed by atoms with E-state index >= 15 is 0 Å². The molecule has 0 saturated heterocycles. The van der Waals surface area contributed by atoms with Crippen LogP contribution in [0.5, 0.6) is 5.75 Å². The van der Waals surface area contributed by atoms with E-state index in [0.717, 1.165) is 17.0 Å². The van der Waals surface area contributed by atoms with Crippen LogP contribution in [0.4, 0.5) is 5.69 Å². The quantitative estimate of drug-likeness (QED) is 0.783. The lowest BCUT2D eigenvalue weighted by Crippen LogP contribution is -2.43. The number of hydrogen-bond donors (Lipinski definition) is 2. The lowest BCUT2D eigenvalue weighted by molar-refractivity contribution is -0.139. The molecule has 1 aromatic carbocycles. The SMILES string of the molecule is CCOc1ccc(N(C)CC(NC)C(=O)O)cc1C. The summed E-state index contributed by atoms with van der Waals surface area (Å²) in [6.07, 6.45) is 0. The van der Waals surface area contributed by atoms with Crippen LogP contribution >= 0.6 is 0 Å². The molecule has 0 fully saturated rings. The Balaban J connectivity index is 2.79. The highest BCUT2D eigenvalue weighted by molar-refractivity contribution is 5.74. The molecule has 19 heavy (non-hydrogen) atoms. The number of aryl methyl sites for hydroxylation is 1. The molecule has 106 valence electrons. The molecule has 5 nitrogen and oxygen atoms in total. The number of carboxylic acids is 1. The van der Waals surface area contributed by atoms with Crippen LogP contribution in [0.2, 0.25) is 0 Å². The van der Waals surface area contributed by atoms with Gasteiger partial charge in [-0.1, -0.05) is 0 Å². The molecule has 1 rings (SSSR count). The van der Waals surface area contributed by atoms with Crippen molar-refractivity contribution in [3.8, 4) is 5.75 Å². The lowest BCUT2D eigenvalue weighted by atomic mass is 10.1. The molecular weight excluding hydrogens is 244 g/mol. The normalized spacial score (nSPS) is 12.0. The van der Waals surface area contributed by atoms with Crippen molar-refractivity contribution in [2.45, 2.75) is 19.9 Å². The maximum Gasteiger partial charge on any atom is 0.322 e. The van der Waals surface area contributed by atoms with E-state index < -0.39 is 12.0 Å². The topological polar surface area (TPSA) is 61.8 Å². The second-order valence-corrected chi connectivity index (χ2v) is 4.44. The molecule has 2 N–H and O–H groups in total. The van der Waals surface area contributed by atoms with Gasteiger partial charge in [-0.15, -0.1) is 0 Å². The smallest absolute Gasteiger partial charge is 0.322 e. The van der Waals surface area contributed by atoms with Gasteiger partial charge in [0.1, 0.15) is 11.8 Å². The van der Waals surface area contributed by atoms with Crippen molar-refractivity contribution >= 4 is 11.7 Å². The maximum absolute atomic E-state index is 11.0. The number of aliphatic carboxylic acids is 1. The van der Waals surface area contributed by atoms with Crippen molar-refractivity contribution in [2.24, 2.45) is 0 Å². The van der Waals surface area contributed by atoms with Gasteiger partial charge in [-0.25, -0.2) is 0 Å². The predicted molar refractivity (Wildman–Crippen MR) is 76.1 cm³/mol. The molecule has 0 aliphatic rings. The number of carbonyl (C=O) groups is 1. The third kappa shape index (κ3) is 4.13. The summed E-state index contributed by atoms with van der Waals surface area (Å²) in [5, 5.41) is 11.8. The molecule has 0 saturated carbocycles. The minimum Gasteiger partial charge on any atom is -0.494 e. The zero-order chi connectivity index (χ0) is 14.4. The van der Waals surface area contributed by atoms with Gasteiger partial charge in [-0.3, -0.25) is 4.79 Å². The molecule has 5 heteroatoms. The van der Waals surface area contributed by atoms with E-state index in [4.69, 9.17) is 9.84 Å². The second kappa shape index (κ2) is 6.99.